The summed E-state index contributed by atoms with van der Waals surface area (Å²) < 4.78 is 0. The fourth-order valence-electron chi connectivity index (χ4n) is 1.17. The Kier molecular flexibility index (Phi) is 6.87. The van der Waals surface area contributed by atoms with Crippen LogP contribution in [0.2, 0.25) is 0 Å². The van der Waals surface area contributed by atoms with Gasteiger partial charge in [-0.1, -0.05) is 19.8 Å². The minimum absolute atomic E-state index is 0.0420. The normalized spacial score (nSPS) is 11.9. The van der Waals surface area contributed by atoms with Gasteiger partial charge in [-0.2, -0.15) is 0 Å². The predicted octanol–water partition coefficient (Wildman–Crippen LogP) is 0.986. The summed E-state index contributed by atoms with van der Waals surface area (Å²) in [7, 11) is 0. The van der Waals surface area contributed by atoms with Gasteiger partial charge in [0.05, 0.1) is 6.54 Å². The molecule has 1 amide bonds. The third-order valence-corrected chi connectivity index (χ3v) is 2.09. The molecule has 0 fully saturated rings. The van der Waals surface area contributed by atoms with Crippen LogP contribution in [0.15, 0.2) is 0 Å². The van der Waals surface area contributed by atoms with Crippen molar-refractivity contribution in [2.45, 2.75) is 39.2 Å². The molecule has 0 aromatic rings. The van der Waals surface area contributed by atoms with Gasteiger partial charge >= 0.3 is 0 Å². The van der Waals surface area contributed by atoms with Crippen molar-refractivity contribution in [1.82, 2.24) is 4.90 Å². The number of nitrogens with two attached hydrogens (primary N) is 1. The second-order valence-corrected chi connectivity index (χ2v) is 3.39. The van der Waals surface area contributed by atoms with E-state index in [2.05, 4.69) is 5.92 Å². The average molecular weight is 196 g/mol. The molecule has 1 unspecified atom stereocenters. The summed E-state index contributed by atoms with van der Waals surface area (Å²) >= 11 is 0. The molecule has 0 heterocycles. The summed E-state index contributed by atoms with van der Waals surface area (Å²) in [4.78, 5) is 13.3. The number of amides is 1. The van der Waals surface area contributed by atoms with Gasteiger partial charge in [0.25, 0.3) is 0 Å². The third kappa shape index (κ3) is 4.88. The first-order valence-corrected chi connectivity index (χ1v) is 5.12. The molecule has 0 aliphatic heterocycles. The molecule has 0 rings (SSSR count). The van der Waals surface area contributed by atoms with E-state index in [4.69, 9.17) is 12.2 Å². The maximum Gasteiger partial charge on any atom is 0.224 e. The zero-order valence-corrected chi connectivity index (χ0v) is 9.12. The van der Waals surface area contributed by atoms with Crippen LogP contribution in [0.1, 0.15) is 33.1 Å². The van der Waals surface area contributed by atoms with Gasteiger partial charge < -0.3 is 10.6 Å². The molecule has 0 radical (unpaired) electrons. The number of carbonyl (C=O) groups is 1. The zero-order valence-electron chi connectivity index (χ0n) is 9.12. The van der Waals surface area contributed by atoms with Gasteiger partial charge in [-0.15, -0.1) is 6.42 Å². The molecule has 0 aliphatic carbocycles. The lowest BCUT2D eigenvalue weighted by molar-refractivity contribution is -0.131. The number of terminal acetylenes is 1. The Bertz CT molecular complexity index is 208. The van der Waals surface area contributed by atoms with E-state index in [1.807, 2.05) is 13.8 Å². The molecular weight excluding hydrogens is 176 g/mol. The third-order valence-electron chi connectivity index (χ3n) is 2.09. The number of carbonyl (C=O) groups excluding carboxylic acids is 1. The molecule has 0 aromatic carbocycles. The molecule has 0 aliphatic rings. The summed E-state index contributed by atoms with van der Waals surface area (Å²) in [5.74, 6) is 2.56. The van der Waals surface area contributed by atoms with Crippen molar-refractivity contribution in [3.05, 3.63) is 0 Å². The van der Waals surface area contributed by atoms with Gasteiger partial charge in [0.15, 0.2) is 0 Å². The maximum absolute atomic E-state index is 11.6. The molecule has 14 heavy (non-hydrogen) atoms. The van der Waals surface area contributed by atoms with E-state index in [0.717, 1.165) is 19.4 Å². The minimum atomic E-state index is -0.0420. The molecule has 0 spiro atoms. The molecule has 0 saturated heterocycles. The van der Waals surface area contributed by atoms with Gasteiger partial charge in [0, 0.05) is 19.0 Å². The fraction of sp³-hybridized carbons (Fsp3) is 0.727. The van der Waals surface area contributed by atoms with Crippen molar-refractivity contribution >= 4 is 5.91 Å². The van der Waals surface area contributed by atoms with E-state index < -0.39 is 0 Å². The Labute approximate surface area is 86.6 Å². The highest BCUT2D eigenvalue weighted by Crippen LogP contribution is 2.00. The van der Waals surface area contributed by atoms with Crippen LogP contribution in [0.3, 0.4) is 0 Å². The Morgan fingerprint density at radius 3 is 2.64 bits per heavy atom. The molecule has 1 atom stereocenters. The summed E-state index contributed by atoms with van der Waals surface area (Å²) in [6, 6.07) is -0.0420. The lowest BCUT2D eigenvalue weighted by Crippen LogP contribution is -2.36. The second-order valence-electron chi connectivity index (χ2n) is 3.39. The standard InChI is InChI=1S/C11H20N2O/c1-4-7-13(8-5-2)11(14)9-10(12)6-3/h1,10H,5-9,12H2,2-3H3. The van der Waals surface area contributed by atoms with Crippen LogP contribution in [0.25, 0.3) is 0 Å². The van der Waals surface area contributed by atoms with Gasteiger partial charge in [-0.05, 0) is 12.8 Å². The van der Waals surface area contributed by atoms with Gasteiger partial charge in [0.1, 0.15) is 0 Å². The van der Waals surface area contributed by atoms with Crippen LogP contribution in [-0.2, 0) is 4.79 Å². The molecular formula is C11H20N2O. The zero-order chi connectivity index (χ0) is 11.0. The van der Waals surface area contributed by atoms with Crippen LogP contribution < -0.4 is 5.73 Å². The van der Waals surface area contributed by atoms with Gasteiger partial charge in [-0.25, -0.2) is 0 Å². The minimum Gasteiger partial charge on any atom is -0.332 e. The Hall–Kier alpha value is -1.01. The Morgan fingerprint density at radius 1 is 1.57 bits per heavy atom. The van der Waals surface area contributed by atoms with E-state index in [1.165, 1.54) is 0 Å². The molecule has 3 nitrogen and oxygen atoms in total. The Balaban J connectivity index is 4.08. The van der Waals surface area contributed by atoms with Gasteiger partial charge in [-0.3, -0.25) is 4.79 Å². The smallest absolute Gasteiger partial charge is 0.224 e. The summed E-state index contributed by atoms with van der Waals surface area (Å²) in [5, 5.41) is 0. The molecule has 0 aromatic heterocycles. The highest BCUT2D eigenvalue weighted by Gasteiger charge is 2.14. The molecule has 2 N–H and O–H groups in total. The molecule has 80 valence electrons. The maximum atomic E-state index is 11.6. The largest absolute Gasteiger partial charge is 0.332 e. The number of hydrogen-bond acceptors (Lipinski definition) is 2. The van der Waals surface area contributed by atoms with Crippen LogP contribution in [0.4, 0.5) is 0 Å². The lowest BCUT2D eigenvalue weighted by Gasteiger charge is -2.20. The Morgan fingerprint density at radius 2 is 2.21 bits per heavy atom. The SMILES string of the molecule is C#CCN(CCC)C(=O)CC(N)CC. The molecule has 3 heteroatoms. The second kappa shape index (κ2) is 7.40. The van der Waals surface area contributed by atoms with Gasteiger partial charge in [0.2, 0.25) is 5.91 Å². The van der Waals surface area contributed by atoms with Crippen molar-refractivity contribution in [3.63, 3.8) is 0 Å². The molecule has 0 saturated carbocycles. The van der Waals surface area contributed by atoms with E-state index >= 15 is 0 Å². The fourth-order valence-corrected chi connectivity index (χ4v) is 1.17. The van der Waals surface area contributed by atoms with E-state index in [1.54, 1.807) is 4.90 Å². The van der Waals surface area contributed by atoms with Crippen molar-refractivity contribution in [2.75, 3.05) is 13.1 Å². The first-order chi connectivity index (χ1) is 6.65. The van der Waals surface area contributed by atoms with E-state index in [-0.39, 0.29) is 11.9 Å². The molecule has 0 bridgehead atoms. The monoisotopic (exact) mass is 196 g/mol. The number of nitrogens with zero attached hydrogens (tertiary/aromatic N) is 1. The average Bonchev–Trinajstić information content (AvgIpc) is 2.17. The lowest BCUT2D eigenvalue weighted by atomic mass is 10.1. The summed E-state index contributed by atoms with van der Waals surface area (Å²) in [6.07, 6.45) is 7.33. The first kappa shape index (κ1) is 13.0. The number of rotatable bonds is 6. The first-order valence-electron chi connectivity index (χ1n) is 5.12. The quantitative estimate of drug-likeness (QED) is 0.644. The topological polar surface area (TPSA) is 46.3 Å². The van der Waals surface area contributed by atoms with Crippen LogP contribution in [0, 0.1) is 12.3 Å². The van der Waals surface area contributed by atoms with Crippen LogP contribution >= 0.6 is 0 Å². The van der Waals surface area contributed by atoms with E-state index in [0.29, 0.717) is 13.0 Å². The van der Waals surface area contributed by atoms with Crippen LogP contribution in [-0.4, -0.2) is 29.9 Å². The summed E-state index contributed by atoms with van der Waals surface area (Å²) in [5.41, 5.74) is 5.70. The number of hydrogen-bond donors (Lipinski definition) is 1. The van der Waals surface area contributed by atoms with E-state index in [9.17, 15) is 4.79 Å². The highest BCUT2D eigenvalue weighted by molar-refractivity contribution is 5.77. The van der Waals surface area contributed by atoms with Crippen molar-refractivity contribution in [3.8, 4) is 12.3 Å². The predicted molar refractivity (Wildman–Crippen MR) is 58.6 cm³/mol. The van der Waals surface area contributed by atoms with Crippen molar-refractivity contribution in [2.24, 2.45) is 5.73 Å². The van der Waals surface area contributed by atoms with Crippen molar-refractivity contribution < 1.29 is 4.79 Å². The van der Waals surface area contributed by atoms with Crippen LogP contribution in [0.5, 0.6) is 0 Å². The van der Waals surface area contributed by atoms with Crippen molar-refractivity contribution in [1.29, 1.82) is 0 Å². The summed E-state index contributed by atoms with van der Waals surface area (Å²) in [6.45, 7) is 5.11. The highest BCUT2D eigenvalue weighted by atomic mass is 16.2.